The summed E-state index contributed by atoms with van der Waals surface area (Å²) in [6, 6.07) is 12.0. The van der Waals surface area contributed by atoms with Gasteiger partial charge in [0.2, 0.25) is 0 Å². The fraction of sp³-hybridized carbons (Fsp3) is 0.576. The van der Waals surface area contributed by atoms with E-state index < -0.39 is 11.8 Å². The minimum Gasteiger partial charge on any atom is -0.426 e. The molecule has 2 bridgehead atoms. The fourth-order valence-electron chi connectivity index (χ4n) is 6.87. The number of carbonyl (C=O) groups excluding carboxylic acids is 2. The molecule has 4 heteroatoms. The SMILES string of the molecule is CC(C)c1cccc(OC(=O)C2C3CCC(C3)C2C(=O)Oc2cccc(C(C)C)c2C(C)C)c1C(C)C. The first-order valence-electron chi connectivity index (χ1n) is 14.2. The number of rotatable bonds is 8. The van der Waals surface area contributed by atoms with Crippen molar-refractivity contribution in [1.29, 1.82) is 0 Å². The monoisotopic (exact) mass is 504 g/mol. The van der Waals surface area contributed by atoms with E-state index in [1.165, 1.54) is 11.1 Å². The van der Waals surface area contributed by atoms with Gasteiger partial charge in [-0.2, -0.15) is 0 Å². The molecule has 200 valence electrons. The van der Waals surface area contributed by atoms with Gasteiger partial charge in [0.05, 0.1) is 11.8 Å². The quantitative estimate of drug-likeness (QED) is 0.268. The molecule has 2 saturated carbocycles. The van der Waals surface area contributed by atoms with Gasteiger partial charge in [-0.05, 0) is 78.0 Å². The summed E-state index contributed by atoms with van der Waals surface area (Å²) in [6.07, 6.45) is 2.83. The van der Waals surface area contributed by atoms with Crippen LogP contribution in [0.2, 0.25) is 0 Å². The molecular weight excluding hydrogens is 460 g/mol. The van der Waals surface area contributed by atoms with E-state index >= 15 is 0 Å². The number of hydrogen-bond donors (Lipinski definition) is 0. The van der Waals surface area contributed by atoms with Crippen LogP contribution in [0.3, 0.4) is 0 Å². The Balaban J connectivity index is 1.61. The van der Waals surface area contributed by atoms with E-state index in [1.54, 1.807) is 0 Å². The largest absolute Gasteiger partial charge is 0.426 e. The highest BCUT2D eigenvalue weighted by Crippen LogP contribution is 2.53. The second-order valence-electron chi connectivity index (χ2n) is 12.4. The first-order valence-corrected chi connectivity index (χ1v) is 14.2. The lowest BCUT2D eigenvalue weighted by Gasteiger charge is -2.29. The van der Waals surface area contributed by atoms with E-state index in [2.05, 4.69) is 67.5 Å². The highest BCUT2D eigenvalue weighted by Gasteiger charge is 2.55. The summed E-state index contributed by atoms with van der Waals surface area (Å²) in [5, 5.41) is 0. The lowest BCUT2D eigenvalue weighted by molar-refractivity contribution is -0.153. The van der Waals surface area contributed by atoms with Crippen LogP contribution in [0, 0.1) is 23.7 Å². The highest BCUT2D eigenvalue weighted by molar-refractivity contribution is 5.86. The molecule has 0 saturated heterocycles. The average molecular weight is 505 g/mol. The van der Waals surface area contributed by atoms with Crippen LogP contribution in [0.25, 0.3) is 0 Å². The van der Waals surface area contributed by atoms with Gasteiger partial charge in [0.25, 0.3) is 0 Å². The number of hydrogen-bond acceptors (Lipinski definition) is 4. The lowest BCUT2D eigenvalue weighted by Crippen LogP contribution is -2.39. The fourth-order valence-corrected chi connectivity index (χ4v) is 6.87. The molecule has 4 rings (SSSR count). The molecule has 0 aromatic heterocycles. The summed E-state index contributed by atoms with van der Waals surface area (Å²) in [7, 11) is 0. The molecule has 0 spiro atoms. The normalized spacial score (nSPS) is 22.9. The van der Waals surface area contributed by atoms with Gasteiger partial charge in [0.15, 0.2) is 0 Å². The zero-order valence-corrected chi connectivity index (χ0v) is 23.8. The van der Waals surface area contributed by atoms with E-state index in [9.17, 15) is 9.59 Å². The zero-order valence-electron chi connectivity index (χ0n) is 23.8. The molecule has 2 aliphatic rings. The molecule has 4 atom stereocenters. The number of fused-ring (bicyclic) bond motifs is 2. The predicted octanol–water partition coefficient (Wildman–Crippen LogP) is 8.35. The maximum Gasteiger partial charge on any atom is 0.315 e. The summed E-state index contributed by atoms with van der Waals surface area (Å²) >= 11 is 0. The van der Waals surface area contributed by atoms with Crippen molar-refractivity contribution in [2.24, 2.45) is 23.7 Å². The smallest absolute Gasteiger partial charge is 0.315 e. The van der Waals surface area contributed by atoms with Gasteiger partial charge in [-0.3, -0.25) is 9.59 Å². The Morgan fingerprint density at radius 1 is 0.622 bits per heavy atom. The van der Waals surface area contributed by atoms with Crippen LogP contribution in [0.5, 0.6) is 11.5 Å². The predicted molar refractivity (Wildman–Crippen MR) is 148 cm³/mol. The van der Waals surface area contributed by atoms with Gasteiger partial charge in [-0.15, -0.1) is 0 Å². The molecule has 0 N–H and O–H groups in total. The maximum atomic E-state index is 13.7. The second-order valence-corrected chi connectivity index (χ2v) is 12.4. The van der Waals surface area contributed by atoms with E-state index in [1.807, 2.05) is 24.3 Å². The van der Waals surface area contributed by atoms with E-state index in [0.717, 1.165) is 30.4 Å². The van der Waals surface area contributed by atoms with Crippen LogP contribution in [0.1, 0.15) is 121 Å². The molecule has 4 nitrogen and oxygen atoms in total. The van der Waals surface area contributed by atoms with Crippen molar-refractivity contribution >= 4 is 11.9 Å². The van der Waals surface area contributed by atoms with Crippen LogP contribution >= 0.6 is 0 Å². The summed E-state index contributed by atoms with van der Waals surface area (Å²) < 4.78 is 12.3. The Kier molecular flexibility index (Phi) is 8.16. The van der Waals surface area contributed by atoms with Crippen LogP contribution in [-0.4, -0.2) is 11.9 Å². The molecule has 2 aliphatic carbocycles. The molecule has 2 aromatic rings. The molecule has 37 heavy (non-hydrogen) atoms. The van der Waals surface area contributed by atoms with Crippen molar-refractivity contribution in [3.05, 3.63) is 58.7 Å². The Labute approximate surface area is 223 Å². The molecule has 2 aromatic carbocycles. The van der Waals surface area contributed by atoms with Crippen molar-refractivity contribution in [2.75, 3.05) is 0 Å². The van der Waals surface area contributed by atoms with Crippen molar-refractivity contribution in [3.8, 4) is 11.5 Å². The van der Waals surface area contributed by atoms with Crippen molar-refractivity contribution < 1.29 is 19.1 Å². The van der Waals surface area contributed by atoms with Gasteiger partial charge < -0.3 is 9.47 Å². The van der Waals surface area contributed by atoms with E-state index in [0.29, 0.717) is 23.3 Å². The average Bonchev–Trinajstić information content (AvgIpc) is 3.45. The minimum atomic E-state index is -0.454. The van der Waals surface area contributed by atoms with Gasteiger partial charge in [-0.1, -0.05) is 79.7 Å². The molecule has 0 amide bonds. The lowest BCUT2D eigenvalue weighted by atomic mass is 9.79. The van der Waals surface area contributed by atoms with Crippen LogP contribution in [0.4, 0.5) is 0 Å². The first kappa shape index (κ1) is 27.4. The van der Waals surface area contributed by atoms with Crippen LogP contribution in [0.15, 0.2) is 36.4 Å². The topological polar surface area (TPSA) is 52.6 Å². The third-order valence-electron chi connectivity index (χ3n) is 8.48. The summed E-state index contributed by atoms with van der Waals surface area (Å²) in [5.41, 5.74) is 4.58. The van der Waals surface area contributed by atoms with E-state index in [4.69, 9.17) is 9.47 Å². The Morgan fingerprint density at radius 3 is 1.32 bits per heavy atom. The summed E-state index contributed by atoms with van der Waals surface area (Å²) in [6.45, 7) is 17.2. The molecule has 0 aliphatic heterocycles. The number of esters is 2. The number of ether oxygens (including phenoxy) is 2. The van der Waals surface area contributed by atoms with Gasteiger partial charge in [0, 0.05) is 11.1 Å². The third kappa shape index (κ3) is 5.35. The Bertz CT molecular complexity index is 1050. The molecule has 0 radical (unpaired) electrons. The van der Waals surface area contributed by atoms with Crippen molar-refractivity contribution in [2.45, 2.75) is 98.3 Å². The highest BCUT2D eigenvalue weighted by atomic mass is 16.5. The van der Waals surface area contributed by atoms with Crippen LogP contribution < -0.4 is 9.47 Å². The molecular formula is C33H44O4. The molecule has 4 unspecified atom stereocenters. The van der Waals surface area contributed by atoms with Crippen LogP contribution in [-0.2, 0) is 9.59 Å². The second kappa shape index (κ2) is 11.0. The Hall–Kier alpha value is -2.62. The van der Waals surface area contributed by atoms with Gasteiger partial charge in [0.1, 0.15) is 11.5 Å². The number of carbonyl (C=O) groups is 2. The zero-order chi connectivity index (χ0) is 27.0. The van der Waals surface area contributed by atoms with E-state index in [-0.39, 0.29) is 35.6 Å². The Morgan fingerprint density at radius 2 is 1.00 bits per heavy atom. The standard InChI is InChI=1S/C33H44O4/c1-18(2)24-11-9-13-26(28(24)20(5)6)36-32(34)30-22-15-16-23(17-22)31(30)33(35)37-27-14-10-12-25(19(3)4)29(27)21(7)8/h9-14,18-23,30-31H,15-17H2,1-8H3. The van der Waals surface area contributed by atoms with Gasteiger partial charge in [-0.25, -0.2) is 0 Å². The minimum absolute atomic E-state index is 0.178. The van der Waals surface area contributed by atoms with Crippen molar-refractivity contribution in [3.63, 3.8) is 0 Å². The maximum absolute atomic E-state index is 13.7. The molecule has 2 fully saturated rings. The summed E-state index contributed by atoms with van der Waals surface area (Å²) in [4.78, 5) is 27.4. The first-order chi connectivity index (χ1) is 17.5. The number of benzene rings is 2. The van der Waals surface area contributed by atoms with Gasteiger partial charge >= 0.3 is 11.9 Å². The summed E-state index contributed by atoms with van der Waals surface area (Å²) in [5.74, 6) is 1.27. The molecule has 0 heterocycles. The van der Waals surface area contributed by atoms with Crippen molar-refractivity contribution in [1.82, 2.24) is 0 Å². The third-order valence-corrected chi connectivity index (χ3v) is 8.48.